The van der Waals surface area contributed by atoms with Gasteiger partial charge in [0.1, 0.15) is 5.82 Å². The summed E-state index contributed by atoms with van der Waals surface area (Å²) in [5.41, 5.74) is 1.95. The number of halogens is 1. The molecular formula is C15H17FN2. The van der Waals surface area contributed by atoms with Crippen molar-refractivity contribution < 1.29 is 4.39 Å². The van der Waals surface area contributed by atoms with Gasteiger partial charge >= 0.3 is 0 Å². The van der Waals surface area contributed by atoms with Crippen LogP contribution in [0.2, 0.25) is 0 Å². The van der Waals surface area contributed by atoms with E-state index in [9.17, 15) is 4.39 Å². The van der Waals surface area contributed by atoms with Crippen LogP contribution in [0.1, 0.15) is 23.6 Å². The molecule has 2 aromatic rings. The Hall–Kier alpha value is -1.74. The fourth-order valence-electron chi connectivity index (χ4n) is 2.07. The molecule has 1 atom stereocenters. The van der Waals surface area contributed by atoms with E-state index >= 15 is 0 Å². The molecule has 0 amide bonds. The lowest BCUT2D eigenvalue weighted by atomic mass is 9.99. The minimum Gasteiger partial charge on any atom is -0.313 e. The predicted molar refractivity (Wildman–Crippen MR) is 70.8 cm³/mol. The van der Waals surface area contributed by atoms with Crippen LogP contribution in [0.5, 0.6) is 0 Å². The molecule has 1 heterocycles. The summed E-state index contributed by atoms with van der Waals surface area (Å²) in [4.78, 5) is 3.99. The van der Waals surface area contributed by atoms with Crippen LogP contribution in [0.4, 0.5) is 4.39 Å². The number of nitrogens with zero attached hydrogens (tertiary/aromatic N) is 1. The maximum absolute atomic E-state index is 13.7. The van der Waals surface area contributed by atoms with Crippen molar-refractivity contribution in [2.45, 2.75) is 18.9 Å². The zero-order valence-corrected chi connectivity index (χ0v) is 10.4. The largest absolute Gasteiger partial charge is 0.313 e. The molecule has 0 aliphatic heterocycles. The average Bonchev–Trinajstić information content (AvgIpc) is 2.42. The van der Waals surface area contributed by atoms with Crippen LogP contribution < -0.4 is 5.32 Å². The Kier molecular flexibility index (Phi) is 4.42. The van der Waals surface area contributed by atoms with Crippen LogP contribution in [0.3, 0.4) is 0 Å². The maximum atomic E-state index is 13.7. The first-order valence-corrected chi connectivity index (χ1v) is 6.12. The highest BCUT2D eigenvalue weighted by molar-refractivity contribution is 5.21. The molecule has 1 N–H and O–H groups in total. The molecule has 2 rings (SSSR count). The van der Waals surface area contributed by atoms with Gasteiger partial charge in [-0.15, -0.1) is 0 Å². The fourth-order valence-corrected chi connectivity index (χ4v) is 2.07. The van der Waals surface area contributed by atoms with Crippen molar-refractivity contribution in [3.8, 4) is 0 Å². The van der Waals surface area contributed by atoms with E-state index in [1.165, 1.54) is 11.6 Å². The van der Waals surface area contributed by atoms with Gasteiger partial charge in [0.15, 0.2) is 0 Å². The van der Waals surface area contributed by atoms with E-state index in [0.717, 1.165) is 18.4 Å². The second-order valence-electron chi connectivity index (χ2n) is 4.26. The van der Waals surface area contributed by atoms with Crippen molar-refractivity contribution in [1.82, 2.24) is 10.3 Å². The Bertz CT molecular complexity index is 485. The lowest BCUT2D eigenvalue weighted by Crippen LogP contribution is -2.18. The third kappa shape index (κ3) is 3.14. The second-order valence-corrected chi connectivity index (χ2v) is 4.26. The van der Waals surface area contributed by atoms with E-state index in [-0.39, 0.29) is 11.9 Å². The summed E-state index contributed by atoms with van der Waals surface area (Å²) >= 11 is 0. The molecule has 0 bridgehead atoms. The summed E-state index contributed by atoms with van der Waals surface area (Å²) in [6, 6.07) is 11.0. The van der Waals surface area contributed by atoms with Gasteiger partial charge < -0.3 is 5.32 Å². The number of hydrogen-bond acceptors (Lipinski definition) is 2. The van der Waals surface area contributed by atoms with Gasteiger partial charge in [0.2, 0.25) is 0 Å². The monoisotopic (exact) mass is 244 g/mol. The van der Waals surface area contributed by atoms with Crippen molar-refractivity contribution in [2.75, 3.05) is 7.05 Å². The van der Waals surface area contributed by atoms with Gasteiger partial charge in [0.05, 0.1) is 0 Å². The molecule has 1 aromatic carbocycles. The average molecular weight is 244 g/mol. The molecule has 0 saturated carbocycles. The summed E-state index contributed by atoms with van der Waals surface area (Å²) in [5.74, 6) is -0.147. The van der Waals surface area contributed by atoms with Crippen LogP contribution in [-0.4, -0.2) is 12.0 Å². The summed E-state index contributed by atoms with van der Waals surface area (Å²) in [7, 11) is 1.86. The fraction of sp³-hybridized carbons (Fsp3) is 0.267. The van der Waals surface area contributed by atoms with Gasteiger partial charge in [0, 0.05) is 24.0 Å². The van der Waals surface area contributed by atoms with Gasteiger partial charge in [-0.25, -0.2) is 4.39 Å². The normalized spacial score (nSPS) is 12.3. The van der Waals surface area contributed by atoms with Gasteiger partial charge in [-0.3, -0.25) is 4.98 Å². The molecule has 0 fully saturated rings. The Morgan fingerprint density at radius 2 is 1.89 bits per heavy atom. The minimum atomic E-state index is -0.147. The lowest BCUT2D eigenvalue weighted by molar-refractivity contribution is 0.508. The highest BCUT2D eigenvalue weighted by atomic mass is 19.1. The van der Waals surface area contributed by atoms with Gasteiger partial charge in [0.25, 0.3) is 0 Å². The number of hydrogen-bond donors (Lipinski definition) is 1. The van der Waals surface area contributed by atoms with Crippen LogP contribution in [0.25, 0.3) is 0 Å². The van der Waals surface area contributed by atoms with E-state index in [0.29, 0.717) is 0 Å². The van der Waals surface area contributed by atoms with Crippen molar-refractivity contribution >= 4 is 0 Å². The Labute approximate surface area is 107 Å². The van der Waals surface area contributed by atoms with E-state index in [1.54, 1.807) is 18.5 Å². The van der Waals surface area contributed by atoms with Crippen LogP contribution in [0, 0.1) is 5.82 Å². The van der Waals surface area contributed by atoms with Crippen LogP contribution in [0.15, 0.2) is 48.8 Å². The highest BCUT2D eigenvalue weighted by Crippen LogP contribution is 2.21. The summed E-state index contributed by atoms with van der Waals surface area (Å²) in [6.45, 7) is 0. The third-order valence-corrected chi connectivity index (χ3v) is 3.10. The Balaban J connectivity index is 2.04. The lowest BCUT2D eigenvalue weighted by Gasteiger charge is -2.17. The zero-order valence-electron chi connectivity index (χ0n) is 10.4. The molecule has 0 aliphatic carbocycles. The quantitative estimate of drug-likeness (QED) is 0.874. The van der Waals surface area contributed by atoms with Gasteiger partial charge in [-0.05, 0) is 43.7 Å². The van der Waals surface area contributed by atoms with Crippen LogP contribution >= 0.6 is 0 Å². The van der Waals surface area contributed by atoms with Gasteiger partial charge in [-0.2, -0.15) is 0 Å². The third-order valence-electron chi connectivity index (χ3n) is 3.10. The Morgan fingerprint density at radius 1 is 1.17 bits per heavy atom. The summed E-state index contributed by atoms with van der Waals surface area (Å²) in [5, 5.41) is 3.17. The molecule has 0 aliphatic rings. The van der Waals surface area contributed by atoms with Crippen LogP contribution in [-0.2, 0) is 6.42 Å². The number of aryl methyl sites for hydroxylation is 1. The first-order chi connectivity index (χ1) is 8.81. The highest BCUT2D eigenvalue weighted by Gasteiger charge is 2.13. The number of rotatable bonds is 5. The smallest absolute Gasteiger partial charge is 0.127 e. The van der Waals surface area contributed by atoms with E-state index in [1.807, 2.05) is 31.3 Å². The topological polar surface area (TPSA) is 24.9 Å². The molecule has 1 aromatic heterocycles. The molecule has 1 unspecified atom stereocenters. The predicted octanol–water partition coefficient (Wildman–Crippen LogP) is 3.11. The molecule has 3 heteroatoms. The second kappa shape index (κ2) is 6.26. The number of pyridine rings is 1. The van der Waals surface area contributed by atoms with Crippen molar-refractivity contribution in [3.63, 3.8) is 0 Å². The first kappa shape index (κ1) is 12.7. The summed E-state index contributed by atoms with van der Waals surface area (Å²) in [6.07, 6.45) is 5.34. The molecule has 0 radical (unpaired) electrons. The molecule has 18 heavy (non-hydrogen) atoms. The molecule has 0 saturated heterocycles. The van der Waals surface area contributed by atoms with Crippen molar-refractivity contribution in [1.29, 1.82) is 0 Å². The van der Waals surface area contributed by atoms with E-state index in [2.05, 4.69) is 10.3 Å². The number of aromatic nitrogens is 1. The summed E-state index contributed by atoms with van der Waals surface area (Å²) < 4.78 is 13.7. The SMILES string of the molecule is CNC(CCc1ccncc1)c1ccccc1F. The first-order valence-electron chi connectivity index (χ1n) is 6.12. The minimum absolute atomic E-state index is 0.0411. The molecular weight excluding hydrogens is 227 g/mol. The number of nitrogens with one attached hydrogen (secondary N) is 1. The maximum Gasteiger partial charge on any atom is 0.127 e. The van der Waals surface area contributed by atoms with Crippen molar-refractivity contribution in [2.24, 2.45) is 0 Å². The van der Waals surface area contributed by atoms with E-state index < -0.39 is 0 Å². The molecule has 2 nitrogen and oxygen atoms in total. The standard InChI is InChI=1S/C15H17FN2/c1-17-15(13-4-2-3-5-14(13)16)7-6-12-8-10-18-11-9-12/h2-5,8-11,15,17H,6-7H2,1H3. The number of benzene rings is 1. The Morgan fingerprint density at radius 3 is 2.56 bits per heavy atom. The van der Waals surface area contributed by atoms with E-state index in [4.69, 9.17) is 0 Å². The zero-order chi connectivity index (χ0) is 12.8. The van der Waals surface area contributed by atoms with Gasteiger partial charge in [-0.1, -0.05) is 18.2 Å². The molecule has 0 spiro atoms. The van der Waals surface area contributed by atoms with Crippen molar-refractivity contribution in [3.05, 3.63) is 65.7 Å². The molecule has 94 valence electrons.